The lowest BCUT2D eigenvalue weighted by atomic mass is 10.1. The highest BCUT2D eigenvalue weighted by atomic mass is 32.1. The van der Waals surface area contributed by atoms with Crippen molar-refractivity contribution in [2.75, 3.05) is 9.80 Å². The zero-order valence-electron chi connectivity index (χ0n) is 28.2. The largest absolute Gasteiger partial charge is 0.311 e. The molecule has 0 saturated carbocycles. The van der Waals surface area contributed by atoms with Crippen molar-refractivity contribution in [1.82, 2.24) is 9.97 Å². The zero-order chi connectivity index (χ0) is 35.0. The van der Waals surface area contributed by atoms with E-state index in [9.17, 15) is 0 Å². The molecule has 0 aliphatic heterocycles. The maximum absolute atomic E-state index is 4.87. The fourth-order valence-corrected chi connectivity index (χ4v) is 7.38. The van der Waals surface area contributed by atoms with Crippen molar-refractivity contribution in [3.05, 3.63) is 202 Å². The van der Waals surface area contributed by atoms with Gasteiger partial charge in [-0.3, -0.25) is 0 Å². The summed E-state index contributed by atoms with van der Waals surface area (Å²) in [4.78, 5) is 14.3. The van der Waals surface area contributed by atoms with E-state index in [1.165, 1.54) is 0 Å². The molecule has 0 radical (unpaired) electrons. The Hall–Kier alpha value is -6.34. The van der Waals surface area contributed by atoms with Crippen LogP contribution in [-0.4, -0.2) is 9.97 Å². The van der Waals surface area contributed by atoms with Crippen molar-refractivity contribution in [2.45, 2.75) is 0 Å². The number of thiazole rings is 2. The molecule has 0 N–H and O–H groups in total. The molecule has 6 aromatic carbocycles. The molecule has 0 spiro atoms. The van der Waals surface area contributed by atoms with Crippen molar-refractivity contribution in [1.29, 1.82) is 0 Å². The Morgan fingerprint density at radius 3 is 0.923 bits per heavy atom. The van der Waals surface area contributed by atoms with Gasteiger partial charge in [-0.15, -0.1) is 22.7 Å². The average molecular weight is 707 g/mol. The molecular formula is C46H34N4S2. The fourth-order valence-electron chi connectivity index (χ4n) is 5.97. The number of rotatable bonds is 11. The summed E-state index contributed by atoms with van der Waals surface area (Å²) in [5.74, 6) is 0. The highest BCUT2D eigenvalue weighted by molar-refractivity contribution is 7.11. The normalized spacial score (nSPS) is 11.3. The second-order valence-corrected chi connectivity index (χ2v) is 13.8. The predicted molar refractivity (Wildman–Crippen MR) is 223 cm³/mol. The molecule has 250 valence electrons. The Balaban J connectivity index is 0.927. The van der Waals surface area contributed by atoms with E-state index in [1.54, 1.807) is 22.7 Å². The van der Waals surface area contributed by atoms with Crippen LogP contribution in [0.3, 0.4) is 0 Å². The molecule has 0 aliphatic carbocycles. The first-order valence-electron chi connectivity index (χ1n) is 17.0. The first kappa shape index (κ1) is 32.8. The second-order valence-electron chi connectivity index (χ2n) is 12.0. The van der Waals surface area contributed by atoms with E-state index in [0.29, 0.717) is 0 Å². The Morgan fingerprint density at radius 1 is 0.327 bits per heavy atom. The summed E-state index contributed by atoms with van der Waals surface area (Å²) < 4.78 is 0. The van der Waals surface area contributed by atoms with E-state index in [0.717, 1.165) is 66.7 Å². The van der Waals surface area contributed by atoms with Gasteiger partial charge < -0.3 is 9.80 Å². The van der Waals surface area contributed by atoms with Crippen LogP contribution < -0.4 is 9.80 Å². The van der Waals surface area contributed by atoms with Gasteiger partial charge in [-0.2, -0.15) is 0 Å². The zero-order valence-corrected chi connectivity index (χ0v) is 29.9. The summed E-state index contributed by atoms with van der Waals surface area (Å²) >= 11 is 3.24. The van der Waals surface area contributed by atoms with E-state index in [2.05, 4.69) is 190 Å². The van der Waals surface area contributed by atoms with Crippen LogP contribution in [0.4, 0.5) is 34.1 Å². The summed E-state index contributed by atoms with van der Waals surface area (Å²) in [6.45, 7) is 0. The number of anilines is 6. The fraction of sp³-hybridized carbons (Fsp3) is 0. The minimum atomic E-state index is 0.892. The van der Waals surface area contributed by atoms with Crippen molar-refractivity contribution < 1.29 is 0 Å². The van der Waals surface area contributed by atoms with Crippen LogP contribution in [-0.2, 0) is 0 Å². The van der Waals surface area contributed by atoms with E-state index in [1.807, 2.05) is 24.3 Å². The van der Waals surface area contributed by atoms with Crippen LogP contribution >= 0.6 is 22.7 Å². The smallest absolute Gasteiger partial charge is 0.116 e. The highest BCUT2D eigenvalue weighted by Gasteiger charge is 2.13. The minimum Gasteiger partial charge on any atom is -0.311 e. The van der Waals surface area contributed by atoms with Crippen LogP contribution in [0.5, 0.6) is 0 Å². The monoisotopic (exact) mass is 706 g/mol. The van der Waals surface area contributed by atoms with Gasteiger partial charge in [-0.1, -0.05) is 109 Å². The highest BCUT2D eigenvalue weighted by Crippen LogP contribution is 2.36. The summed E-state index contributed by atoms with van der Waals surface area (Å²) in [6.07, 6.45) is 8.37. The molecule has 0 saturated heterocycles. The SMILES string of the molecule is C(=C\c1nc(-c2csc(/C=C/c3ccc(N(c4ccccc4)c4ccccc4)cc3)n2)cs1)/c1ccc(N(c2ccccc2)c2ccccc2)cc1. The number of aromatic nitrogens is 2. The van der Waals surface area contributed by atoms with E-state index < -0.39 is 0 Å². The third-order valence-electron chi connectivity index (χ3n) is 8.50. The minimum absolute atomic E-state index is 0.892. The van der Waals surface area contributed by atoms with E-state index in [-0.39, 0.29) is 0 Å². The molecule has 0 amide bonds. The lowest BCUT2D eigenvalue weighted by Gasteiger charge is -2.25. The average Bonchev–Trinajstić information content (AvgIpc) is 3.90. The van der Waals surface area contributed by atoms with Crippen molar-refractivity contribution >= 4 is 81.1 Å². The standard InChI is InChI=1S/C46H34N4S2/c1-5-13-37(14-6-1)49(38-15-7-2-8-16-38)41-27-21-35(22-28-41)25-31-45-47-43(33-51-45)44-34-52-46(48-44)32-26-36-23-29-42(30-24-36)50(39-17-9-3-10-18-39)40-19-11-4-12-20-40/h1-34H/b31-25+,32-26+. The summed E-state index contributed by atoms with van der Waals surface area (Å²) in [5, 5.41) is 6.04. The number of hydrogen-bond acceptors (Lipinski definition) is 6. The molecule has 2 aromatic heterocycles. The van der Waals surface area contributed by atoms with Crippen molar-refractivity contribution in [2.24, 2.45) is 0 Å². The first-order chi connectivity index (χ1) is 25.8. The van der Waals surface area contributed by atoms with Gasteiger partial charge in [0.25, 0.3) is 0 Å². The van der Waals surface area contributed by atoms with Gasteiger partial charge in [0, 0.05) is 44.9 Å². The molecule has 0 unspecified atom stereocenters. The van der Waals surface area contributed by atoms with Gasteiger partial charge in [0.2, 0.25) is 0 Å². The third-order valence-corrected chi connectivity index (χ3v) is 10.1. The second kappa shape index (κ2) is 15.7. The third kappa shape index (κ3) is 7.69. The van der Waals surface area contributed by atoms with Gasteiger partial charge in [0.15, 0.2) is 0 Å². The molecule has 8 rings (SSSR count). The number of hydrogen-bond donors (Lipinski definition) is 0. The molecule has 8 aromatic rings. The molecule has 0 atom stereocenters. The molecule has 6 heteroatoms. The molecule has 0 fully saturated rings. The van der Waals surface area contributed by atoms with Gasteiger partial charge in [-0.25, -0.2) is 9.97 Å². The molecule has 4 nitrogen and oxygen atoms in total. The van der Waals surface area contributed by atoms with Crippen molar-refractivity contribution in [3.8, 4) is 11.4 Å². The van der Waals surface area contributed by atoms with Gasteiger partial charge >= 0.3 is 0 Å². The predicted octanol–water partition coefficient (Wildman–Crippen LogP) is 13.5. The topological polar surface area (TPSA) is 32.3 Å². The van der Waals surface area contributed by atoms with E-state index >= 15 is 0 Å². The first-order valence-corrected chi connectivity index (χ1v) is 18.8. The Bertz CT molecular complexity index is 2130. The molecule has 52 heavy (non-hydrogen) atoms. The summed E-state index contributed by atoms with van der Waals surface area (Å²) in [7, 11) is 0. The van der Waals surface area contributed by atoms with Gasteiger partial charge in [0.05, 0.1) is 0 Å². The van der Waals surface area contributed by atoms with E-state index in [4.69, 9.17) is 9.97 Å². The van der Waals surface area contributed by atoms with Crippen LogP contribution in [0.2, 0.25) is 0 Å². The number of benzene rings is 6. The quantitative estimate of drug-likeness (QED) is 0.134. The Morgan fingerprint density at radius 2 is 0.615 bits per heavy atom. The van der Waals surface area contributed by atoms with Crippen LogP contribution in [0.25, 0.3) is 35.7 Å². The maximum atomic E-state index is 4.87. The summed E-state index contributed by atoms with van der Waals surface area (Å²) in [6, 6.07) is 59.0. The Kier molecular flexibility index (Phi) is 9.91. The van der Waals surface area contributed by atoms with Crippen LogP contribution in [0.1, 0.15) is 21.1 Å². The molecule has 0 aliphatic rings. The summed E-state index contributed by atoms with van der Waals surface area (Å²) in [5.41, 5.74) is 10.7. The Labute approximate surface area is 312 Å². The van der Waals surface area contributed by atoms with Crippen LogP contribution in [0, 0.1) is 0 Å². The number of para-hydroxylation sites is 4. The van der Waals surface area contributed by atoms with Crippen molar-refractivity contribution in [3.63, 3.8) is 0 Å². The number of nitrogens with zero attached hydrogens (tertiary/aromatic N) is 4. The lowest BCUT2D eigenvalue weighted by molar-refractivity contribution is 1.28. The van der Waals surface area contributed by atoms with Gasteiger partial charge in [-0.05, 0) is 96.1 Å². The molecule has 0 bridgehead atoms. The van der Waals surface area contributed by atoms with Crippen LogP contribution in [0.15, 0.2) is 181 Å². The lowest BCUT2D eigenvalue weighted by Crippen LogP contribution is -2.09. The molecular weight excluding hydrogens is 673 g/mol. The molecule has 2 heterocycles. The maximum Gasteiger partial charge on any atom is 0.116 e. The van der Waals surface area contributed by atoms with Gasteiger partial charge in [0.1, 0.15) is 21.4 Å².